The van der Waals surface area contributed by atoms with Crippen LogP contribution in [0.2, 0.25) is 10.0 Å². The second-order valence-corrected chi connectivity index (χ2v) is 7.11. The molecule has 0 amide bonds. The van der Waals surface area contributed by atoms with E-state index in [0.717, 1.165) is 49.9 Å². The number of aromatic nitrogens is 1. The molecule has 5 nitrogen and oxygen atoms in total. The number of halogens is 2. The molecule has 2 heterocycles. The highest BCUT2D eigenvalue weighted by Crippen LogP contribution is 2.27. The predicted octanol–water partition coefficient (Wildman–Crippen LogP) is 3.44. The molecule has 0 saturated carbocycles. The first-order chi connectivity index (χ1) is 12.6. The van der Waals surface area contributed by atoms with Crippen LogP contribution in [0.5, 0.6) is 0 Å². The summed E-state index contributed by atoms with van der Waals surface area (Å²) in [5, 5.41) is 14.8. The zero-order valence-corrected chi connectivity index (χ0v) is 16.0. The highest BCUT2D eigenvalue weighted by Gasteiger charge is 2.17. The molecule has 1 aliphatic heterocycles. The number of aryl methyl sites for hydroxylation is 1. The minimum absolute atomic E-state index is 0.445. The van der Waals surface area contributed by atoms with Crippen molar-refractivity contribution in [1.29, 1.82) is 0 Å². The lowest BCUT2D eigenvalue weighted by atomic mass is 10.1. The molecule has 1 fully saturated rings. The van der Waals surface area contributed by atoms with Crippen LogP contribution < -0.4 is 10.2 Å². The van der Waals surface area contributed by atoms with Crippen LogP contribution in [0.3, 0.4) is 0 Å². The van der Waals surface area contributed by atoms with Gasteiger partial charge in [0.2, 0.25) is 0 Å². The number of anilines is 1. The summed E-state index contributed by atoms with van der Waals surface area (Å²) in [7, 11) is 0. The summed E-state index contributed by atoms with van der Waals surface area (Å²) in [6.07, 6.45) is 2.28. The van der Waals surface area contributed by atoms with E-state index in [4.69, 9.17) is 27.9 Å². The van der Waals surface area contributed by atoms with Gasteiger partial charge in [-0.3, -0.25) is 0 Å². The maximum atomic E-state index is 10.2. The number of hydrogen-bond acceptors (Lipinski definition) is 5. The third-order valence-corrected chi connectivity index (χ3v) is 4.87. The van der Waals surface area contributed by atoms with Crippen molar-refractivity contribution in [1.82, 2.24) is 10.3 Å². The fourth-order valence-corrected chi connectivity index (χ4v) is 3.33. The molecule has 0 spiro atoms. The molecule has 7 heteroatoms. The second kappa shape index (κ2) is 9.53. The summed E-state index contributed by atoms with van der Waals surface area (Å²) in [6, 6.07) is 9.48. The number of aliphatic hydroxyl groups excluding tert-OH is 1. The molecular weight excluding hydrogens is 373 g/mol. The Morgan fingerprint density at radius 3 is 2.62 bits per heavy atom. The highest BCUT2D eigenvalue weighted by molar-refractivity contribution is 6.33. The van der Waals surface area contributed by atoms with Crippen molar-refractivity contribution in [2.75, 3.05) is 37.7 Å². The first-order valence-electron chi connectivity index (χ1n) is 8.79. The van der Waals surface area contributed by atoms with Gasteiger partial charge in [0.1, 0.15) is 5.82 Å². The van der Waals surface area contributed by atoms with Gasteiger partial charge in [-0.25, -0.2) is 4.98 Å². The van der Waals surface area contributed by atoms with Gasteiger partial charge in [-0.2, -0.15) is 0 Å². The second-order valence-electron chi connectivity index (χ2n) is 6.26. The monoisotopic (exact) mass is 395 g/mol. The Labute approximate surface area is 163 Å². The summed E-state index contributed by atoms with van der Waals surface area (Å²) in [5.74, 6) is 0.756. The van der Waals surface area contributed by atoms with Crippen LogP contribution in [0, 0.1) is 0 Å². The van der Waals surface area contributed by atoms with E-state index in [1.807, 2.05) is 24.3 Å². The Balaban J connectivity index is 1.48. The summed E-state index contributed by atoms with van der Waals surface area (Å²) < 4.78 is 5.52. The molecule has 1 unspecified atom stereocenters. The largest absolute Gasteiger partial charge is 0.364 e. The lowest BCUT2D eigenvalue weighted by Crippen LogP contribution is -2.44. The van der Waals surface area contributed by atoms with Gasteiger partial charge in [0.25, 0.3) is 0 Å². The van der Waals surface area contributed by atoms with E-state index in [1.165, 1.54) is 5.56 Å². The third kappa shape index (κ3) is 5.32. The Morgan fingerprint density at radius 1 is 1.19 bits per heavy atom. The number of ether oxygens (including phenoxy) is 1. The van der Waals surface area contributed by atoms with Crippen LogP contribution in [-0.2, 0) is 11.2 Å². The van der Waals surface area contributed by atoms with Crippen molar-refractivity contribution in [3.05, 3.63) is 57.7 Å². The zero-order valence-electron chi connectivity index (χ0n) is 14.5. The van der Waals surface area contributed by atoms with Gasteiger partial charge in [0.15, 0.2) is 6.29 Å². The molecule has 1 saturated heterocycles. The van der Waals surface area contributed by atoms with Crippen LogP contribution in [0.4, 0.5) is 5.82 Å². The first kappa shape index (κ1) is 19.4. The fraction of sp³-hybridized carbons (Fsp3) is 0.421. The normalized spacial score (nSPS) is 15.9. The summed E-state index contributed by atoms with van der Waals surface area (Å²) in [6.45, 7) is 4.02. The number of aliphatic hydroxyl groups is 1. The van der Waals surface area contributed by atoms with Crippen molar-refractivity contribution < 1.29 is 9.84 Å². The van der Waals surface area contributed by atoms with E-state index in [-0.39, 0.29) is 0 Å². The lowest BCUT2D eigenvalue weighted by molar-refractivity contribution is -0.103. The van der Waals surface area contributed by atoms with E-state index in [2.05, 4.69) is 15.2 Å². The average molecular weight is 396 g/mol. The number of nitrogens with zero attached hydrogens (tertiary/aromatic N) is 2. The van der Waals surface area contributed by atoms with E-state index >= 15 is 0 Å². The predicted molar refractivity (Wildman–Crippen MR) is 105 cm³/mol. The maximum Gasteiger partial charge on any atom is 0.182 e. The number of rotatable bonds is 7. The molecule has 0 radical (unpaired) electrons. The molecule has 1 aliphatic rings. The van der Waals surface area contributed by atoms with E-state index in [1.54, 1.807) is 12.3 Å². The molecule has 26 heavy (non-hydrogen) atoms. The Kier molecular flexibility index (Phi) is 7.11. The van der Waals surface area contributed by atoms with E-state index < -0.39 is 6.29 Å². The first-order valence-corrected chi connectivity index (χ1v) is 9.54. The van der Waals surface area contributed by atoms with Crippen LogP contribution in [0.15, 0.2) is 36.5 Å². The van der Waals surface area contributed by atoms with Crippen molar-refractivity contribution in [2.45, 2.75) is 19.1 Å². The molecule has 1 aromatic heterocycles. The molecule has 1 aromatic carbocycles. The smallest absolute Gasteiger partial charge is 0.182 e. The SMILES string of the molecule is OC(OCCCc1ccc(Cl)cc1)c1cnc(N2CCNCC2)c(Cl)c1. The zero-order chi connectivity index (χ0) is 18.4. The summed E-state index contributed by atoms with van der Waals surface area (Å²) >= 11 is 12.2. The molecule has 0 bridgehead atoms. The Bertz CT molecular complexity index is 706. The maximum absolute atomic E-state index is 10.2. The van der Waals surface area contributed by atoms with E-state index in [9.17, 15) is 5.11 Å². The van der Waals surface area contributed by atoms with Gasteiger partial charge < -0.3 is 20.1 Å². The van der Waals surface area contributed by atoms with Gasteiger partial charge in [-0.05, 0) is 36.6 Å². The molecule has 0 aliphatic carbocycles. The number of hydrogen-bond donors (Lipinski definition) is 2. The quantitative estimate of drug-likeness (QED) is 0.555. The number of piperazine rings is 1. The van der Waals surface area contributed by atoms with Crippen LogP contribution >= 0.6 is 23.2 Å². The average Bonchev–Trinajstić information content (AvgIpc) is 2.67. The van der Waals surface area contributed by atoms with Gasteiger partial charge >= 0.3 is 0 Å². The molecular formula is C19H23Cl2N3O2. The molecule has 3 rings (SSSR count). The highest BCUT2D eigenvalue weighted by atomic mass is 35.5. The number of benzene rings is 1. The minimum atomic E-state index is -1.03. The summed E-state index contributed by atoms with van der Waals surface area (Å²) in [4.78, 5) is 6.56. The Hall–Kier alpha value is -1.37. The number of nitrogens with one attached hydrogen (secondary N) is 1. The third-order valence-electron chi connectivity index (χ3n) is 4.34. The molecule has 2 aromatic rings. The van der Waals surface area contributed by atoms with Gasteiger partial charge in [-0.1, -0.05) is 35.3 Å². The summed E-state index contributed by atoms with van der Waals surface area (Å²) in [5.41, 5.74) is 1.76. The van der Waals surface area contributed by atoms with Crippen LogP contribution in [-0.4, -0.2) is 42.9 Å². The van der Waals surface area contributed by atoms with Crippen LogP contribution in [0.25, 0.3) is 0 Å². The van der Waals surface area contributed by atoms with Crippen molar-refractivity contribution in [3.8, 4) is 0 Å². The van der Waals surface area contributed by atoms with Gasteiger partial charge in [0.05, 0.1) is 11.6 Å². The van der Waals surface area contributed by atoms with Crippen molar-refractivity contribution in [3.63, 3.8) is 0 Å². The van der Waals surface area contributed by atoms with E-state index in [0.29, 0.717) is 17.2 Å². The van der Waals surface area contributed by atoms with Gasteiger partial charge in [-0.15, -0.1) is 0 Å². The molecule has 2 N–H and O–H groups in total. The standard InChI is InChI=1S/C19H23Cl2N3O2/c20-16-5-3-14(4-6-16)2-1-11-26-19(25)15-12-17(21)18(23-13-15)24-9-7-22-8-10-24/h3-6,12-13,19,22,25H,1-2,7-11H2. The molecule has 1 atom stereocenters. The van der Waals surface area contributed by atoms with Gasteiger partial charge in [0, 0.05) is 43.0 Å². The Morgan fingerprint density at radius 2 is 1.92 bits per heavy atom. The van der Waals surface area contributed by atoms with Crippen LogP contribution in [0.1, 0.15) is 23.8 Å². The number of pyridine rings is 1. The minimum Gasteiger partial charge on any atom is -0.364 e. The van der Waals surface area contributed by atoms with Crippen molar-refractivity contribution in [2.24, 2.45) is 0 Å². The molecule has 140 valence electrons. The fourth-order valence-electron chi connectivity index (χ4n) is 2.91. The topological polar surface area (TPSA) is 57.6 Å². The van der Waals surface area contributed by atoms with Crippen molar-refractivity contribution >= 4 is 29.0 Å². The lowest BCUT2D eigenvalue weighted by Gasteiger charge is -2.29.